The fourth-order valence-electron chi connectivity index (χ4n) is 3.52. The van der Waals surface area contributed by atoms with Crippen LogP contribution in [-0.4, -0.2) is 40.4 Å². The summed E-state index contributed by atoms with van der Waals surface area (Å²) in [5.41, 5.74) is 1.60. The smallest absolute Gasteiger partial charge is 0.252 e. The van der Waals surface area contributed by atoms with Crippen LogP contribution in [0.15, 0.2) is 53.4 Å². The van der Waals surface area contributed by atoms with Gasteiger partial charge in [0.15, 0.2) is 0 Å². The molecule has 1 fully saturated rings. The maximum absolute atomic E-state index is 12.8. The third-order valence-electron chi connectivity index (χ3n) is 4.91. The molecule has 1 heterocycles. The van der Waals surface area contributed by atoms with Gasteiger partial charge in [0.1, 0.15) is 0 Å². The van der Waals surface area contributed by atoms with Crippen LogP contribution in [0.5, 0.6) is 0 Å². The average Bonchev–Trinajstić information content (AvgIpc) is 3.22. The Labute approximate surface area is 168 Å². The molecule has 1 N–H and O–H groups in total. The molecule has 0 spiro atoms. The fraction of sp³-hybridized carbons (Fsp3) is 0.381. The molecule has 0 radical (unpaired) electrons. The van der Waals surface area contributed by atoms with Crippen LogP contribution in [0.2, 0.25) is 5.02 Å². The number of carbonyl (C=O) groups excluding carboxylic acids is 1. The maximum atomic E-state index is 12.8. The standard InChI is InChI=1S/C21H25ClN2O2S/c1-2-27(26)20-11-4-3-10-18(20)21(25)23-15-19(24-12-5-6-13-24)16-8-7-9-17(22)14-16/h3-4,7-11,14,19H,2,5-6,12-13,15H2,1H3,(H,23,25). The molecule has 1 aliphatic rings. The molecule has 2 aromatic carbocycles. The molecule has 3 rings (SSSR count). The maximum Gasteiger partial charge on any atom is 0.252 e. The molecule has 144 valence electrons. The topological polar surface area (TPSA) is 49.4 Å². The van der Waals surface area contributed by atoms with Crippen LogP contribution in [-0.2, 0) is 10.8 Å². The molecule has 2 atom stereocenters. The third kappa shape index (κ3) is 4.98. The summed E-state index contributed by atoms with van der Waals surface area (Å²) < 4.78 is 12.3. The second-order valence-corrected chi connectivity index (χ2v) is 8.80. The van der Waals surface area contributed by atoms with Gasteiger partial charge in [-0.3, -0.25) is 13.9 Å². The lowest BCUT2D eigenvalue weighted by Gasteiger charge is -2.28. The van der Waals surface area contributed by atoms with Crippen molar-refractivity contribution in [3.05, 3.63) is 64.7 Å². The zero-order valence-electron chi connectivity index (χ0n) is 15.5. The van der Waals surface area contributed by atoms with Crippen molar-refractivity contribution in [2.75, 3.05) is 25.4 Å². The molecule has 1 aliphatic heterocycles. The number of carbonyl (C=O) groups is 1. The average molecular weight is 405 g/mol. The number of hydrogen-bond donors (Lipinski definition) is 1. The predicted molar refractivity (Wildman–Crippen MR) is 111 cm³/mol. The van der Waals surface area contributed by atoms with Crippen molar-refractivity contribution in [3.63, 3.8) is 0 Å². The second kappa shape index (κ2) is 9.49. The Kier molecular flexibility index (Phi) is 7.05. The van der Waals surface area contributed by atoms with Crippen LogP contribution >= 0.6 is 11.6 Å². The normalized spacial score (nSPS) is 16.8. The van der Waals surface area contributed by atoms with Gasteiger partial charge in [-0.2, -0.15) is 0 Å². The number of nitrogens with zero attached hydrogens (tertiary/aromatic N) is 1. The highest BCUT2D eigenvalue weighted by atomic mass is 35.5. The van der Waals surface area contributed by atoms with E-state index in [-0.39, 0.29) is 11.9 Å². The number of hydrogen-bond acceptors (Lipinski definition) is 3. The van der Waals surface area contributed by atoms with Gasteiger partial charge in [-0.05, 0) is 55.8 Å². The Morgan fingerprint density at radius 1 is 1.19 bits per heavy atom. The number of nitrogens with one attached hydrogen (secondary N) is 1. The van der Waals surface area contributed by atoms with Crippen LogP contribution in [0, 0.1) is 0 Å². The number of halogens is 1. The number of likely N-dealkylation sites (tertiary alicyclic amines) is 1. The van der Waals surface area contributed by atoms with E-state index in [2.05, 4.69) is 16.3 Å². The molecule has 1 saturated heterocycles. The van der Waals surface area contributed by atoms with E-state index in [4.69, 9.17) is 11.6 Å². The van der Waals surface area contributed by atoms with E-state index in [0.29, 0.717) is 27.8 Å². The Morgan fingerprint density at radius 2 is 1.93 bits per heavy atom. The van der Waals surface area contributed by atoms with E-state index in [1.807, 2.05) is 31.2 Å². The minimum atomic E-state index is -1.17. The Bertz CT molecular complexity index is 821. The minimum absolute atomic E-state index is 0.0824. The summed E-state index contributed by atoms with van der Waals surface area (Å²) in [5, 5.41) is 3.76. The molecule has 4 nitrogen and oxygen atoms in total. The molecule has 0 aliphatic carbocycles. The lowest BCUT2D eigenvalue weighted by Crippen LogP contribution is -2.37. The van der Waals surface area contributed by atoms with Gasteiger partial charge in [0.05, 0.1) is 27.3 Å². The molecular weight excluding hydrogens is 380 g/mol. The van der Waals surface area contributed by atoms with Crippen molar-refractivity contribution in [2.45, 2.75) is 30.7 Å². The summed E-state index contributed by atoms with van der Waals surface area (Å²) in [6, 6.07) is 15.0. The van der Waals surface area contributed by atoms with E-state index in [1.54, 1.807) is 18.2 Å². The van der Waals surface area contributed by atoms with Crippen LogP contribution in [0.3, 0.4) is 0 Å². The Balaban J connectivity index is 1.78. The number of benzene rings is 2. The van der Waals surface area contributed by atoms with Gasteiger partial charge >= 0.3 is 0 Å². The molecule has 1 amide bonds. The van der Waals surface area contributed by atoms with Crippen molar-refractivity contribution in [1.82, 2.24) is 10.2 Å². The van der Waals surface area contributed by atoms with Crippen molar-refractivity contribution >= 4 is 28.3 Å². The van der Waals surface area contributed by atoms with E-state index in [9.17, 15) is 9.00 Å². The van der Waals surface area contributed by atoms with E-state index in [1.165, 1.54) is 12.8 Å². The molecule has 0 bridgehead atoms. The van der Waals surface area contributed by atoms with Gasteiger partial charge in [-0.25, -0.2) is 0 Å². The quantitative estimate of drug-likeness (QED) is 0.757. The highest BCUT2D eigenvalue weighted by Crippen LogP contribution is 2.26. The highest BCUT2D eigenvalue weighted by Gasteiger charge is 2.25. The Hall–Kier alpha value is -1.69. The number of amides is 1. The monoisotopic (exact) mass is 404 g/mol. The fourth-order valence-corrected chi connectivity index (χ4v) is 4.66. The lowest BCUT2D eigenvalue weighted by molar-refractivity contribution is 0.0935. The van der Waals surface area contributed by atoms with E-state index < -0.39 is 10.8 Å². The first-order chi connectivity index (χ1) is 13.1. The molecule has 27 heavy (non-hydrogen) atoms. The van der Waals surface area contributed by atoms with Crippen molar-refractivity contribution in [2.24, 2.45) is 0 Å². The molecular formula is C21H25ClN2O2S. The SMILES string of the molecule is CCS(=O)c1ccccc1C(=O)NCC(c1cccc(Cl)c1)N1CCCC1. The van der Waals surface area contributed by atoms with Crippen molar-refractivity contribution in [1.29, 1.82) is 0 Å². The Morgan fingerprint density at radius 3 is 2.63 bits per heavy atom. The third-order valence-corrected chi connectivity index (χ3v) is 6.52. The van der Waals surface area contributed by atoms with Crippen molar-refractivity contribution in [3.8, 4) is 0 Å². The van der Waals surface area contributed by atoms with Crippen LogP contribution in [0.4, 0.5) is 0 Å². The first-order valence-electron chi connectivity index (χ1n) is 9.35. The molecule has 2 unspecified atom stereocenters. The van der Waals surface area contributed by atoms with Gasteiger partial charge in [-0.1, -0.05) is 42.8 Å². The van der Waals surface area contributed by atoms with Gasteiger partial charge in [-0.15, -0.1) is 0 Å². The summed E-state index contributed by atoms with van der Waals surface area (Å²) in [4.78, 5) is 15.8. The summed E-state index contributed by atoms with van der Waals surface area (Å²) >= 11 is 6.19. The molecule has 0 aromatic heterocycles. The zero-order chi connectivity index (χ0) is 19.2. The second-order valence-electron chi connectivity index (χ2n) is 6.65. The van der Waals surface area contributed by atoms with Gasteiger partial charge in [0.25, 0.3) is 5.91 Å². The van der Waals surface area contributed by atoms with Crippen LogP contribution < -0.4 is 5.32 Å². The molecule has 0 saturated carbocycles. The van der Waals surface area contributed by atoms with E-state index in [0.717, 1.165) is 18.7 Å². The van der Waals surface area contributed by atoms with Gasteiger partial charge in [0, 0.05) is 17.3 Å². The highest BCUT2D eigenvalue weighted by molar-refractivity contribution is 7.85. The minimum Gasteiger partial charge on any atom is -0.350 e. The first-order valence-corrected chi connectivity index (χ1v) is 11.0. The summed E-state index contributed by atoms with van der Waals surface area (Å²) in [6.07, 6.45) is 2.34. The largest absolute Gasteiger partial charge is 0.350 e. The van der Waals surface area contributed by atoms with Crippen LogP contribution in [0.25, 0.3) is 0 Å². The van der Waals surface area contributed by atoms with E-state index >= 15 is 0 Å². The first kappa shape index (κ1) is 20.1. The summed E-state index contributed by atoms with van der Waals surface area (Å²) in [7, 11) is -1.17. The predicted octanol–water partition coefficient (Wildman–Crippen LogP) is 4.03. The number of rotatable bonds is 7. The van der Waals surface area contributed by atoms with Crippen LogP contribution in [0.1, 0.15) is 41.7 Å². The van der Waals surface area contributed by atoms with Gasteiger partial charge < -0.3 is 5.32 Å². The lowest BCUT2D eigenvalue weighted by atomic mass is 10.1. The molecule has 6 heteroatoms. The summed E-state index contributed by atoms with van der Waals surface area (Å²) in [5.74, 6) is 0.307. The summed E-state index contributed by atoms with van der Waals surface area (Å²) in [6.45, 7) is 4.38. The molecule has 2 aromatic rings. The zero-order valence-corrected chi connectivity index (χ0v) is 17.1. The van der Waals surface area contributed by atoms with Crippen molar-refractivity contribution < 1.29 is 9.00 Å². The van der Waals surface area contributed by atoms with Gasteiger partial charge in [0.2, 0.25) is 0 Å².